The van der Waals surface area contributed by atoms with Gasteiger partial charge in [0.15, 0.2) is 0 Å². The lowest BCUT2D eigenvalue weighted by molar-refractivity contribution is -0.124. The fourth-order valence-corrected chi connectivity index (χ4v) is 2.86. The topological polar surface area (TPSA) is 81.1 Å². The van der Waals surface area contributed by atoms with Crippen LogP contribution in [-0.2, 0) is 4.79 Å². The number of hydrogen-bond donors (Lipinski definition) is 2. The first kappa shape index (κ1) is 14.4. The number of carbonyl (C=O) groups is 1. The second-order valence-electron chi connectivity index (χ2n) is 5.33. The highest BCUT2D eigenvalue weighted by Crippen LogP contribution is 2.27. The molecule has 0 radical (unpaired) electrons. The minimum Gasteiger partial charge on any atom is -0.437 e. The van der Waals surface area contributed by atoms with Gasteiger partial charge in [-0.3, -0.25) is 4.79 Å². The molecule has 1 amide bonds. The quantitative estimate of drug-likeness (QED) is 0.745. The summed E-state index contributed by atoms with van der Waals surface area (Å²) in [5, 5.41) is 3.99. The number of oxazole rings is 1. The zero-order valence-corrected chi connectivity index (χ0v) is 12.5. The van der Waals surface area contributed by atoms with Crippen LogP contribution in [0.25, 0.3) is 0 Å². The number of aryl methyl sites for hydroxylation is 2. The summed E-state index contributed by atoms with van der Waals surface area (Å²) in [5.74, 6) is 1.30. The van der Waals surface area contributed by atoms with Crippen molar-refractivity contribution in [3.8, 4) is 0 Å². The van der Waals surface area contributed by atoms with Gasteiger partial charge in [0.2, 0.25) is 5.91 Å². The number of amides is 1. The van der Waals surface area contributed by atoms with Crippen molar-refractivity contribution in [2.45, 2.75) is 56.8 Å². The van der Waals surface area contributed by atoms with Gasteiger partial charge in [-0.15, -0.1) is 0 Å². The van der Waals surface area contributed by atoms with Crippen molar-refractivity contribution < 1.29 is 9.21 Å². The summed E-state index contributed by atoms with van der Waals surface area (Å²) in [4.78, 5) is 15.9. The van der Waals surface area contributed by atoms with E-state index >= 15 is 0 Å². The van der Waals surface area contributed by atoms with Crippen molar-refractivity contribution >= 4 is 17.7 Å². The third-order valence-corrected chi connectivity index (χ3v) is 4.31. The number of thioether (sulfide) groups is 1. The molecule has 1 aromatic rings. The number of nitrogens with zero attached hydrogens (tertiary/aromatic N) is 1. The molecule has 0 saturated heterocycles. The average Bonchev–Trinajstić information content (AvgIpc) is 3.06. The maximum absolute atomic E-state index is 11.6. The van der Waals surface area contributed by atoms with Crippen LogP contribution >= 0.6 is 11.8 Å². The molecular weight excluding hydrogens is 262 g/mol. The highest BCUT2D eigenvalue weighted by molar-refractivity contribution is 7.99. The molecule has 1 saturated carbocycles. The first-order valence-corrected chi connectivity index (χ1v) is 7.54. The van der Waals surface area contributed by atoms with Gasteiger partial charge in [0, 0.05) is 11.8 Å². The van der Waals surface area contributed by atoms with Gasteiger partial charge in [-0.25, -0.2) is 4.98 Å². The third-order valence-electron chi connectivity index (χ3n) is 3.48. The first-order chi connectivity index (χ1) is 8.90. The third kappa shape index (κ3) is 3.73. The van der Waals surface area contributed by atoms with E-state index in [2.05, 4.69) is 10.3 Å². The largest absolute Gasteiger partial charge is 0.437 e. The van der Waals surface area contributed by atoms with Crippen LogP contribution in [0.1, 0.15) is 37.6 Å². The standard InChI is InChI=1S/C13H21N3O2S/c1-8-9(2)18-12(15-8)19-7-6-13(3,11(14)17)16-10-4-5-10/h10,16H,4-7H2,1-3H3,(H2,14,17). The highest BCUT2D eigenvalue weighted by atomic mass is 32.2. The van der Waals surface area contributed by atoms with Gasteiger partial charge in [0.05, 0.1) is 11.2 Å². The molecule has 0 aromatic carbocycles. The monoisotopic (exact) mass is 283 g/mol. The fourth-order valence-electron chi connectivity index (χ4n) is 1.79. The summed E-state index contributed by atoms with van der Waals surface area (Å²) in [6, 6.07) is 0.453. The number of carbonyl (C=O) groups excluding carboxylic acids is 1. The molecule has 19 heavy (non-hydrogen) atoms. The van der Waals surface area contributed by atoms with Crippen LogP contribution < -0.4 is 11.1 Å². The van der Waals surface area contributed by atoms with E-state index in [-0.39, 0.29) is 5.91 Å². The smallest absolute Gasteiger partial charge is 0.256 e. The van der Waals surface area contributed by atoms with E-state index in [1.807, 2.05) is 20.8 Å². The van der Waals surface area contributed by atoms with E-state index in [0.29, 0.717) is 17.7 Å². The SMILES string of the molecule is Cc1nc(SCCC(C)(NC2CC2)C(N)=O)oc1C. The Morgan fingerprint density at radius 3 is 2.74 bits per heavy atom. The molecule has 6 heteroatoms. The first-order valence-electron chi connectivity index (χ1n) is 6.55. The van der Waals surface area contributed by atoms with Crippen molar-refractivity contribution in [2.75, 3.05) is 5.75 Å². The second kappa shape index (κ2) is 5.54. The molecule has 5 nitrogen and oxygen atoms in total. The number of aromatic nitrogens is 1. The molecule has 1 fully saturated rings. The van der Waals surface area contributed by atoms with Crippen molar-refractivity contribution in [3.63, 3.8) is 0 Å². The zero-order valence-electron chi connectivity index (χ0n) is 11.7. The van der Waals surface area contributed by atoms with Gasteiger partial charge >= 0.3 is 0 Å². The molecule has 1 heterocycles. The minimum atomic E-state index is -0.634. The number of nitrogens with one attached hydrogen (secondary N) is 1. The van der Waals surface area contributed by atoms with Crippen LogP contribution in [0.4, 0.5) is 0 Å². The Morgan fingerprint density at radius 1 is 1.58 bits per heavy atom. The van der Waals surface area contributed by atoms with Crippen molar-refractivity contribution in [3.05, 3.63) is 11.5 Å². The van der Waals surface area contributed by atoms with Crippen LogP contribution in [0, 0.1) is 13.8 Å². The van der Waals surface area contributed by atoms with Crippen LogP contribution in [0.2, 0.25) is 0 Å². The fraction of sp³-hybridized carbons (Fsp3) is 0.692. The van der Waals surface area contributed by atoms with Gasteiger partial charge in [-0.2, -0.15) is 0 Å². The summed E-state index contributed by atoms with van der Waals surface area (Å²) < 4.78 is 5.50. The maximum Gasteiger partial charge on any atom is 0.256 e. The number of primary amides is 1. The minimum absolute atomic E-state index is 0.292. The van der Waals surface area contributed by atoms with Crippen LogP contribution in [0.5, 0.6) is 0 Å². The summed E-state index contributed by atoms with van der Waals surface area (Å²) in [7, 11) is 0. The molecule has 0 bridgehead atoms. The second-order valence-corrected chi connectivity index (χ2v) is 6.38. The Balaban J connectivity index is 1.86. The molecular formula is C13H21N3O2S. The molecule has 0 aliphatic heterocycles. The number of hydrogen-bond acceptors (Lipinski definition) is 5. The van der Waals surface area contributed by atoms with Gasteiger partial charge < -0.3 is 15.5 Å². The van der Waals surface area contributed by atoms with Gasteiger partial charge in [0.1, 0.15) is 5.76 Å². The summed E-state index contributed by atoms with van der Waals surface area (Å²) in [6.07, 6.45) is 2.94. The summed E-state index contributed by atoms with van der Waals surface area (Å²) >= 11 is 1.52. The Labute approximate surface area is 117 Å². The molecule has 1 aliphatic rings. The lowest BCUT2D eigenvalue weighted by atomic mass is 9.98. The molecule has 1 atom stereocenters. The van der Waals surface area contributed by atoms with E-state index < -0.39 is 5.54 Å². The van der Waals surface area contributed by atoms with Crippen LogP contribution in [0.3, 0.4) is 0 Å². The molecule has 0 spiro atoms. The Kier molecular flexibility index (Phi) is 4.20. The Bertz CT molecular complexity index is 451. The number of rotatable bonds is 7. The predicted octanol–water partition coefficient (Wildman–Crippen LogP) is 1.77. The van der Waals surface area contributed by atoms with E-state index in [1.165, 1.54) is 11.8 Å². The van der Waals surface area contributed by atoms with Crippen molar-refractivity contribution in [1.82, 2.24) is 10.3 Å². The van der Waals surface area contributed by atoms with Gasteiger partial charge in [-0.1, -0.05) is 11.8 Å². The van der Waals surface area contributed by atoms with Crippen molar-refractivity contribution in [2.24, 2.45) is 5.73 Å². The zero-order chi connectivity index (χ0) is 14.0. The van der Waals surface area contributed by atoms with Crippen molar-refractivity contribution in [1.29, 1.82) is 0 Å². The molecule has 3 N–H and O–H groups in total. The lowest BCUT2D eigenvalue weighted by Crippen LogP contribution is -2.54. The molecule has 106 valence electrons. The van der Waals surface area contributed by atoms with E-state index in [9.17, 15) is 4.79 Å². The average molecular weight is 283 g/mol. The Morgan fingerprint density at radius 2 is 2.26 bits per heavy atom. The maximum atomic E-state index is 11.6. The molecule has 1 unspecified atom stereocenters. The summed E-state index contributed by atoms with van der Waals surface area (Å²) in [5.41, 5.74) is 5.78. The predicted molar refractivity (Wildman–Crippen MR) is 75.1 cm³/mol. The normalized spacial score (nSPS) is 18.3. The van der Waals surface area contributed by atoms with E-state index in [4.69, 9.17) is 10.2 Å². The molecule has 1 aliphatic carbocycles. The number of nitrogens with two attached hydrogens (primary N) is 1. The highest BCUT2D eigenvalue weighted by Gasteiger charge is 2.36. The van der Waals surface area contributed by atoms with E-state index in [1.54, 1.807) is 0 Å². The molecule has 2 rings (SSSR count). The molecule has 1 aromatic heterocycles. The van der Waals surface area contributed by atoms with E-state index in [0.717, 1.165) is 30.0 Å². The summed E-state index contributed by atoms with van der Waals surface area (Å²) in [6.45, 7) is 5.69. The van der Waals surface area contributed by atoms with Crippen LogP contribution in [0.15, 0.2) is 9.64 Å². The lowest BCUT2D eigenvalue weighted by Gasteiger charge is -2.27. The van der Waals surface area contributed by atoms with Gasteiger partial charge in [0.25, 0.3) is 5.22 Å². The Hall–Kier alpha value is -1.01. The van der Waals surface area contributed by atoms with Crippen LogP contribution in [-0.4, -0.2) is 28.2 Å². The van der Waals surface area contributed by atoms with Gasteiger partial charge in [-0.05, 0) is 40.0 Å².